The van der Waals surface area contributed by atoms with Crippen LogP contribution in [0, 0.1) is 6.92 Å². The van der Waals surface area contributed by atoms with Crippen LogP contribution >= 0.6 is 0 Å². The van der Waals surface area contributed by atoms with Gasteiger partial charge in [-0.2, -0.15) is 13.2 Å². The van der Waals surface area contributed by atoms with Crippen molar-refractivity contribution in [3.8, 4) is 22.4 Å². The van der Waals surface area contributed by atoms with Crippen LogP contribution < -0.4 is 0 Å². The van der Waals surface area contributed by atoms with Crippen molar-refractivity contribution in [3.63, 3.8) is 0 Å². The van der Waals surface area contributed by atoms with Gasteiger partial charge < -0.3 is 4.74 Å². The molecule has 0 amide bonds. The van der Waals surface area contributed by atoms with Gasteiger partial charge in [-0.3, -0.25) is 4.98 Å². The van der Waals surface area contributed by atoms with Crippen LogP contribution in [0.1, 0.15) is 94.7 Å². The molecule has 2 nitrogen and oxygen atoms in total. The number of hydrogen-bond donors (Lipinski definition) is 0. The van der Waals surface area contributed by atoms with Gasteiger partial charge in [0.1, 0.15) is 0 Å². The summed E-state index contributed by atoms with van der Waals surface area (Å²) in [6, 6.07) is 12.8. The highest BCUT2D eigenvalue weighted by Gasteiger charge is 2.38. The highest BCUT2D eigenvalue weighted by atomic mass is 19.4. The third-order valence-electron chi connectivity index (χ3n) is 6.56. The van der Waals surface area contributed by atoms with Crippen LogP contribution in [0.4, 0.5) is 13.2 Å². The topological polar surface area (TPSA) is 22.1 Å². The van der Waals surface area contributed by atoms with Crippen molar-refractivity contribution >= 4 is 0 Å². The number of pyridine rings is 1. The molecular weight excluding hydrogens is 471 g/mol. The zero-order chi connectivity index (χ0) is 27.4. The van der Waals surface area contributed by atoms with Gasteiger partial charge in [0, 0.05) is 17.3 Å². The molecule has 0 fully saturated rings. The molecule has 37 heavy (non-hydrogen) atoms. The fraction of sp³-hybridized carbons (Fsp3) is 0.469. The van der Waals surface area contributed by atoms with E-state index in [0.717, 1.165) is 54.4 Å². The molecule has 3 aromatic rings. The Morgan fingerprint density at radius 3 is 2.27 bits per heavy atom. The quantitative estimate of drug-likeness (QED) is 0.285. The Labute approximate surface area is 220 Å². The lowest BCUT2D eigenvalue weighted by molar-refractivity contribution is -0.140. The van der Waals surface area contributed by atoms with Gasteiger partial charge >= 0.3 is 6.18 Å². The molecule has 5 heteroatoms. The molecule has 0 spiro atoms. The maximum atomic E-state index is 14.5. The first kappa shape index (κ1) is 28.9. The smallest absolute Gasteiger partial charge is 0.368 e. The van der Waals surface area contributed by atoms with Crippen LogP contribution in [-0.2, 0) is 23.8 Å². The van der Waals surface area contributed by atoms with E-state index in [-0.39, 0.29) is 5.56 Å². The SMILES string of the molecule is CCCCc1cc(-c2c(-c3cc(CCC)ccn3)ccc(C(F)(F)F)c2C(C)OC(C)(C)C)ccc1C. The molecule has 0 saturated heterocycles. The minimum atomic E-state index is -4.52. The minimum Gasteiger partial charge on any atom is -0.368 e. The van der Waals surface area contributed by atoms with Crippen LogP contribution in [0.3, 0.4) is 0 Å². The van der Waals surface area contributed by atoms with Crippen molar-refractivity contribution in [1.29, 1.82) is 0 Å². The van der Waals surface area contributed by atoms with E-state index in [2.05, 4.69) is 31.8 Å². The number of alkyl halides is 3. The summed E-state index contributed by atoms with van der Waals surface area (Å²) in [6.45, 7) is 13.6. The molecule has 2 aromatic carbocycles. The second kappa shape index (κ2) is 11.8. The van der Waals surface area contributed by atoms with Crippen LogP contribution in [0.5, 0.6) is 0 Å². The van der Waals surface area contributed by atoms with Gasteiger partial charge in [0.2, 0.25) is 0 Å². The van der Waals surface area contributed by atoms with Crippen molar-refractivity contribution in [2.24, 2.45) is 0 Å². The maximum Gasteiger partial charge on any atom is 0.416 e. The van der Waals surface area contributed by atoms with Crippen molar-refractivity contribution in [1.82, 2.24) is 4.98 Å². The third kappa shape index (κ3) is 7.22. The lowest BCUT2D eigenvalue weighted by atomic mass is 9.85. The highest BCUT2D eigenvalue weighted by Crippen LogP contribution is 2.46. The standard InChI is InChI=1S/C32H40F3NO/c1-8-10-12-24-20-25(14-13-21(24)3)30-26(28-19-23(11-9-2)17-18-36-28)15-16-27(32(33,34)35)29(30)22(4)37-31(5,6)7/h13-20,22H,8-12H2,1-7H3. The molecule has 3 rings (SSSR count). The predicted molar refractivity (Wildman–Crippen MR) is 147 cm³/mol. The molecule has 200 valence electrons. The molecule has 0 bridgehead atoms. The van der Waals surface area contributed by atoms with Gasteiger partial charge in [0.25, 0.3) is 0 Å². The second-order valence-electron chi connectivity index (χ2n) is 10.9. The van der Waals surface area contributed by atoms with Crippen molar-refractivity contribution in [2.75, 3.05) is 0 Å². The molecular formula is C32H40F3NO. The summed E-state index contributed by atoms with van der Waals surface area (Å²) in [5, 5.41) is 0. The van der Waals surface area contributed by atoms with Gasteiger partial charge in [-0.1, -0.05) is 51.0 Å². The molecule has 0 radical (unpaired) electrons. The first-order chi connectivity index (χ1) is 17.4. The van der Waals surface area contributed by atoms with Crippen molar-refractivity contribution in [3.05, 3.63) is 76.5 Å². The average Bonchev–Trinajstić information content (AvgIpc) is 2.81. The Morgan fingerprint density at radius 1 is 0.919 bits per heavy atom. The number of aromatic nitrogens is 1. The van der Waals surface area contributed by atoms with Gasteiger partial charge in [0.05, 0.1) is 23.0 Å². The normalized spacial score (nSPS) is 13.1. The Bertz CT molecular complexity index is 1210. The number of ether oxygens (including phenoxy) is 1. The molecule has 1 aromatic heterocycles. The highest BCUT2D eigenvalue weighted by molar-refractivity contribution is 5.86. The Kier molecular flexibility index (Phi) is 9.22. The zero-order valence-corrected chi connectivity index (χ0v) is 23.2. The molecule has 0 N–H and O–H groups in total. The lowest BCUT2D eigenvalue weighted by Crippen LogP contribution is -2.24. The number of halogens is 3. The molecule has 0 aliphatic rings. The molecule has 0 aliphatic carbocycles. The number of unbranched alkanes of at least 4 members (excludes halogenated alkanes) is 1. The number of hydrogen-bond acceptors (Lipinski definition) is 2. The first-order valence-electron chi connectivity index (χ1n) is 13.3. The first-order valence-corrected chi connectivity index (χ1v) is 13.3. The van der Waals surface area contributed by atoms with E-state index in [4.69, 9.17) is 4.74 Å². The zero-order valence-electron chi connectivity index (χ0n) is 23.2. The summed E-state index contributed by atoms with van der Waals surface area (Å²) in [5.74, 6) is 0. The van der Waals surface area contributed by atoms with Crippen LogP contribution in [0.2, 0.25) is 0 Å². The number of aryl methyl sites for hydroxylation is 3. The van der Waals surface area contributed by atoms with E-state index >= 15 is 0 Å². The Morgan fingerprint density at radius 2 is 1.65 bits per heavy atom. The molecule has 0 saturated carbocycles. The monoisotopic (exact) mass is 511 g/mol. The predicted octanol–water partition coefficient (Wildman–Crippen LogP) is 9.91. The summed E-state index contributed by atoms with van der Waals surface area (Å²) in [5.41, 5.74) is 4.98. The number of benzene rings is 2. The van der Waals surface area contributed by atoms with E-state index in [1.807, 2.05) is 45.0 Å². The van der Waals surface area contributed by atoms with Gasteiger partial charge in [-0.15, -0.1) is 0 Å². The third-order valence-corrected chi connectivity index (χ3v) is 6.56. The average molecular weight is 512 g/mol. The van der Waals surface area contributed by atoms with E-state index in [9.17, 15) is 13.2 Å². The van der Waals surface area contributed by atoms with Crippen molar-refractivity contribution < 1.29 is 17.9 Å². The number of nitrogens with zero attached hydrogens (tertiary/aromatic N) is 1. The molecule has 0 aliphatic heterocycles. The summed E-state index contributed by atoms with van der Waals surface area (Å²) in [6.07, 6.45) is 1.26. The van der Waals surface area contributed by atoms with Gasteiger partial charge in [-0.05, 0) is 99.9 Å². The number of rotatable bonds is 9. The summed E-state index contributed by atoms with van der Waals surface area (Å²) in [7, 11) is 0. The van der Waals surface area contributed by atoms with E-state index in [1.165, 1.54) is 6.07 Å². The van der Waals surface area contributed by atoms with Crippen LogP contribution in [0.15, 0.2) is 48.7 Å². The van der Waals surface area contributed by atoms with E-state index in [0.29, 0.717) is 16.8 Å². The van der Waals surface area contributed by atoms with E-state index < -0.39 is 23.4 Å². The molecule has 1 atom stereocenters. The minimum absolute atomic E-state index is 0.160. The van der Waals surface area contributed by atoms with Gasteiger partial charge in [-0.25, -0.2) is 0 Å². The summed E-state index contributed by atoms with van der Waals surface area (Å²) < 4.78 is 49.6. The summed E-state index contributed by atoms with van der Waals surface area (Å²) in [4.78, 5) is 4.61. The maximum absolute atomic E-state index is 14.5. The molecule has 1 heterocycles. The van der Waals surface area contributed by atoms with Crippen molar-refractivity contribution in [2.45, 2.75) is 98.5 Å². The van der Waals surface area contributed by atoms with Gasteiger partial charge in [0.15, 0.2) is 0 Å². The lowest BCUT2D eigenvalue weighted by Gasteiger charge is -2.30. The van der Waals surface area contributed by atoms with Crippen LogP contribution in [0.25, 0.3) is 22.4 Å². The fourth-order valence-corrected chi connectivity index (χ4v) is 4.93. The Hall–Kier alpha value is -2.66. The largest absolute Gasteiger partial charge is 0.416 e. The summed E-state index contributed by atoms with van der Waals surface area (Å²) >= 11 is 0. The molecule has 1 unspecified atom stereocenters. The van der Waals surface area contributed by atoms with E-state index in [1.54, 1.807) is 19.2 Å². The fourth-order valence-electron chi connectivity index (χ4n) is 4.93. The Balaban J connectivity index is 2.40. The van der Waals surface area contributed by atoms with Crippen LogP contribution in [-0.4, -0.2) is 10.6 Å². The second-order valence-corrected chi connectivity index (χ2v) is 10.9.